The predicted octanol–water partition coefficient (Wildman–Crippen LogP) is 3.33. The normalized spacial score (nSPS) is 22.5. The van der Waals surface area contributed by atoms with E-state index in [2.05, 4.69) is 43.0 Å². The summed E-state index contributed by atoms with van der Waals surface area (Å²) < 4.78 is 0. The van der Waals surface area contributed by atoms with Crippen LogP contribution in [0.1, 0.15) is 44.7 Å². The van der Waals surface area contributed by atoms with Gasteiger partial charge in [0, 0.05) is 24.8 Å². The van der Waals surface area contributed by atoms with Gasteiger partial charge in [-0.25, -0.2) is 0 Å². The van der Waals surface area contributed by atoms with Crippen molar-refractivity contribution in [2.24, 2.45) is 11.7 Å². The monoisotopic (exact) mass is 232 g/mol. The summed E-state index contributed by atoms with van der Waals surface area (Å²) in [7, 11) is 0. The van der Waals surface area contributed by atoms with Crippen molar-refractivity contribution in [1.29, 1.82) is 0 Å². The Hall–Kier alpha value is -1.02. The van der Waals surface area contributed by atoms with Crippen molar-refractivity contribution in [3.8, 4) is 0 Å². The Labute approximate surface area is 105 Å². The van der Waals surface area contributed by atoms with Gasteiger partial charge in [-0.1, -0.05) is 32.0 Å². The second-order valence-electron chi connectivity index (χ2n) is 5.27. The van der Waals surface area contributed by atoms with Crippen LogP contribution >= 0.6 is 0 Å². The van der Waals surface area contributed by atoms with Crippen LogP contribution in [0.3, 0.4) is 0 Å². The SMILES string of the molecule is CC[C@H](N)c1ccccc1N1CCCC(C)C1. The lowest BCUT2D eigenvalue weighted by Crippen LogP contribution is -2.35. The Bertz CT molecular complexity index is 362. The van der Waals surface area contributed by atoms with E-state index >= 15 is 0 Å². The molecular formula is C15H24N2. The molecule has 2 nitrogen and oxygen atoms in total. The van der Waals surface area contributed by atoms with Gasteiger partial charge < -0.3 is 10.6 Å². The van der Waals surface area contributed by atoms with Crippen LogP contribution in [0.5, 0.6) is 0 Å². The van der Waals surface area contributed by atoms with Gasteiger partial charge >= 0.3 is 0 Å². The van der Waals surface area contributed by atoms with Crippen LogP contribution in [0.25, 0.3) is 0 Å². The van der Waals surface area contributed by atoms with Gasteiger partial charge in [0.15, 0.2) is 0 Å². The quantitative estimate of drug-likeness (QED) is 0.866. The van der Waals surface area contributed by atoms with Gasteiger partial charge in [-0.2, -0.15) is 0 Å². The van der Waals surface area contributed by atoms with E-state index in [1.165, 1.54) is 37.2 Å². The standard InChI is InChI=1S/C15H24N2/c1-3-14(16)13-8-4-5-9-15(13)17-10-6-7-12(2)11-17/h4-5,8-9,12,14H,3,6-7,10-11,16H2,1-2H3/t12?,14-/m0/s1. The molecule has 1 saturated heterocycles. The van der Waals surface area contributed by atoms with Crippen LogP contribution < -0.4 is 10.6 Å². The molecule has 2 N–H and O–H groups in total. The average Bonchev–Trinajstić information content (AvgIpc) is 2.38. The summed E-state index contributed by atoms with van der Waals surface area (Å²) in [6, 6.07) is 8.80. The summed E-state index contributed by atoms with van der Waals surface area (Å²) in [6.07, 6.45) is 3.66. The van der Waals surface area contributed by atoms with E-state index in [-0.39, 0.29) is 6.04 Å². The average molecular weight is 232 g/mol. The second-order valence-corrected chi connectivity index (χ2v) is 5.27. The molecule has 1 unspecified atom stereocenters. The van der Waals surface area contributed by atoms with Gasteiger partial charge in [0.05, 0.1) is 0 Å². The van der Waals surface area contributed by atoms with E-state index in [0.29, 0.717) is 0 Å². The first-order valence-electron chi connectivity index (χ1n) is 6.81. The first kappa shape index (κ1) is 12.4. The molecule has 0 aliphatic carbocycles. The summed E-state index contributed by atoms with van der Waals surface area (Å²) in [5.74, 6) is 0.801. The molecule has 1 heterocycles. The minimum atomic E-state index is 0.170. The highest BCUT2D eigenvalue weighted by Gasteiger charge is 2.20. The number of nitrogens with two attached hydrogens (primary N) is 1. The van der Waals surface area contributed by atoms with Crippen molar-refractivity contribution in [3.63, 3.8) is 0 Å². The third-order valence-corrected chi connectivity index (χ3v) is 3.77. The Kier molecular flexibility index (Phi) is 4.06. The summed E-state index contributed by atoms with van der Waals surface area (Å²) in [6.45, 7) is 6.85. The molecule has 2 atom stereocenters. The van der Waals surface area contributed by atoms with Gasteiger partial charge in [-0.3, -0.25) is 0 Å². The van der Waals surface area contributed by atoms with Crippen molar-refractivity contribution in [3.05, 3.63) is 29.8 Å². The zero-order valence-corrected chi connectivity index (χ0v) is 11.0. The Morgan fingerprint density at radius 1 is 1.41 bits per heavy atom. The molecule has 1 aliphatic heterocycles. The summed E-state index contributed by atoms with van der Waals surface area (Å²) in [5.41, 5.74) is 8.87. The Morgan fingerprint density at radius 3 is 2.88 bits per heavy atom. The Morgan fingerprint density at radius 2 is 2.18 bits per heavy atom. The fraction of sp³-hybridized carbons (Fsp3) is 0.600. The van der Waals surface area contributed by atoms with E-state index in [1.54, 1.807) is 0 Å². The minimum Gasteiger partial charge on any atom is -0.371 e. The molecule has 0 spiro atoms. The minimum absolute atomic E-state index is 0.170. The van der Waals surface area contributed by atoms with Gasteiger partial charge in [-0.05, 0) is 36.8 Å². The van der Waals surface area contributed by atoms with Crippen molar-refractivity contribution in [2.45, 2.75) is 39.2 Å². The fourth-order valence-electron chi connectivity index (χ4n) is 2.72. The van der Waals surface area contributed by atoms with Crippen LogP contribution in [-0.4, -0.2) is 13.1 Å². The molecule has 0 bridgehead atoms. The fourth-order valence-corrected chi connectivity index (χ4v) is 2.72. The number of benzene rings is 1. The van der Waals surface area contributed by atoms with Crippen LogP contribution in [-0.2, 0) is 0 Å². The number of nitrogens with zero attached hydrogens (tertiary/aromatic N) is 1. The number of anilines is 1. The van der Waals surface area contributed by atoms with Crippen molar-refractivity contribution in [1.82, 2.24) is 0 Å². The van der Waals surface area contributed by atoms with Crippen molar-refractivity contribution >= 4 is 5.69 Å². The topological polar surface area (TPSA) is 29.3 Å². The molecule has 2 heteroatoms. The molecule has 0 saturated carbocycles. The van der Waals surface area contributed by atoms with E-state index in [4.69, 9.17) is 5.73 Å². The molecular weight excluding hydrogens is 208 g/mol. The highest BCUT2D eigenvalue weighted by Crippen LogP contribution is 2.30. The van der Waals surface area contributed by atoms with Crippen LogP contribution in [0.2, 0.25) is 0 Å². The molecule has 1 aromatic rings. The van der Waals surface area contributed by atoms with Gasteiger partial charge in [-0.15, -0.1) is 0 Å². The maximum absolute atomic E-state index is 6.21. The molecule has 0 radical (unpaired) electrons. The number of hydrogen-bond acceptors (Lipinski definition) is 2. The first-order valence-corrected chi connectivity index (χ1v) is 6.81. The molecule has 1 fully saturated rings. The van der Waals surface area contributed by atoms with Crippen molar-refractivity contribution < 1.29 is 0 Å². The lowest BCUT2D eigenvalue weighted by Gasteiger charge is -2.35. The molecule has 94 valence electrons. The lowest BCUT2D eigenvalue weighted by molar-refractivity contribution is 0.445. The Balaban J connectivity index is 2.24. The second kappa shape index (κ2) is 5.54. The van der Waals surface area contributed by atoms with Crippen LogP contribution in [0.4, 0.5) is 5.69 Å². The molecule has 1 aromatic carbocycles. The van der Waals surface area contributed by atoms with Gasteiger partial charge in [0.2, 0.25) is 0 Å². The summed E-state index contributed by atoms with van der Waals surface area (Å²) in [4.78, 5) is 2.51. The highest BCUT2D eigenvalue weighted by atomic mass is 15.1. The van der Waals surface area contributed by atoms with Gasteiger partial charge in [0.25, 0.3) is 0 Å². The van der Waals surface area contributed by atoms with E-state index in [0.717, 1.165) is 12.3 Å². The molecule has 17 heavy (non-hydrogen) atoms. The van der Waals surface area contributed by atoms with Crippen LogP contribution in [0.15, 0.2) is 24.3 Å². The number of rotatable bonds is 3. The third kappa shape index (κ3) is 2.81. The van der Waals surface area contributed by atoms with Crippen LogP contribution in [0, 0.1) is 5.92 Å². The predicted molar refractivity (Wildman–Crippen MR) is 74.3 cm³/mol. The lowest BCUT2D eigenvalue weighted by atomic mass is 9.97. The molecule has 2 rings (SSSR count). The largest absolute Gasteiger partial charge is 0.371 e. The summed E-state index contributed by atoms with van der Waals surface area (Å²) in [5, 5.41) is 0. The van der Waals surface area contributed by atoms with Gasteiger partial charge in [0.1, 0.15) is 0 Å². The smallest absolute Gasteiger partial charge is 0.0414 e. The third-order valence-electron chi connectivity index (χ3n) is 3.77. The maximum atomic E-state index is 6.21. The zero-order valence-electron chi connectivity index (χ0n) is 11.0. The number of hydrogen-bond donors (Lipinski definition) is 1. The number of piperidine rings is 1. The maximum Gasteiger partial charge on any atom is 0.0414 e. The molecule has 0 aromatic heterocycles. The van der Waals surface area contributed by atoms with E-state index < -0.39 is 0 Å². The summed E-state index contributed by atoms with van der Waals surface area (Å²) >= 11 is 0. The zero-order chi connectivity index (χ0) is 12.3. The van der Waals surface area contributed by atoms with E-state index in [1.807, 2.05) is 0 Å². The number of para-hydroxylation sites is 1. The van der Waals surface area contributed by atoms with Crippen molar-refractivity contribution in [2.75, 3.05) is 18.0 Å². The first-order chi connectivity index (χ1) is 8.22. The van der Waals surface area contributed by atoms with E-state index in [9.17, 15) is 0 Å². The molecule has 1 aliphatic rings. The molecule has 0 amide bonds. The highest BCUT2D eigenvalue weighted by molar-refractivity contribution is 5.55.